The van der Waals surface area contributed by atoms with Crippen LogP contribution in [0.15, 0.2) is 39.4 Å². The van der Waals surface area contributed by atoms with Gasteiger partial charge in [-0.15, -0.1) is 0 Å². The summed E-state index contributed by atoms with van der Waals surface area (Å²) in [5, 5.41) is 4.40. The van der Waals surface area contributed by atoms with E-state index in [9.17, 15) is 4.79 Å². The van der Waals surface area contributed by atoms with E-state index in [4.69, 9.17) is 0 Å². The Morgan fingerprint density at radius 1 is 1.32 bits per heavy atom. The minimum absolute atomic E-state index is 0.0576. The lowest BCUT2D eigenvalue weighted by Gasteiger charge is -2.05. The average Bonchev–Trinajstić information content (AvgIpc) is 2.80. The Balaban J connectivity index is 2.18. The Kier molecular flexibility index (Phi) is 4.58. The number of hydrogen-bond acceptors (Lipinski definition) is 2. The van der Waals surface area contributed by atoms with Gasteiger partial charge in [0.05, 0.1) is 12.1 Å². The monoisotopic (exact) mass is 384 g/mol. The highest BCUT2D eigenvalue weighted by Gasteiger charge is 2.13. The number of Topliss-reactive ketones (excluding diaryl/α,β-unsaturated/α-hetero) is 1. The third kappa shape index (κ3) is 3.54. The van der Waals surface area contributed by atoms with Crippen molar-refractivity contribution in [2.45, 2.75) is 26.3 Å². The third-order valence-electron chi connectivity index (χ3n) is 2.76. The lowest BCUT2D eigenvalue weighted by molar-refractivity contribution is 0.0991. The van der Waals surface area contributed by atoms with Gasteiger partial charge in [0.2, 0.25) is 0 Å². The van der Waals surface area contributed by atoms with Gasteiger partial charge < -0.3 is 0 Å². The second kappa shape index (κ2) is 6.01. The molecule has 0 aliphatic carbocycles. The fourth-order valence-electron chi connectivity index (χ4n) is 1.73. The molecule has 1 heterocycles. The van der Waals surface area contributed by atoms with Crippen LogP contribution < -0.4 is 0 Å². The van der Waals surface area contributed by atoms with Crippen LogP contribution >= 0.6 is 31.9 Å². The van der Waals surface area contributed by atoms with Crippen molar-refractivity contribution in [2.75, 3.05) is 0 Å². The normalized spacial score (nSPS) is 11.0. The largest absolute Gasteiger partial charge is 0.294 e. The van der Waals surface area contributed by atoms with Gasteiger partial charge in [-0.3, -0.25) is 9.48 Å². The van der Waals surface area contributed by atoms with Crippen molar-refractivity contribution in [3.63, 3.8) is 0 Å². The van der Waals surface area contributed by atoms with E-state index >= 15 is 0 Å². The Hall–Kier alpha value is -0.940. The molecular formula is C14H14Br2N2O. The molecule has 0 bridgehead atoms. The maximum absolute atomic E-state index is 12.3. The maximum atomic E-state index is 12.3. The van der Waals surface area contributed by atoms with Crippen LogP contribution in [0.1, 0.15) is 35.9 Å². The molecule has 0 atom stereocenters. The molecule has 0 radical (unpaired) electrons. The molecule has 1 aromatic heterocycles. The highest BCUT2D eigenvalue weighted by atomic mass is 79.9. The molecular weight excluding hydrogens is 372 g/mol. The summed E-state index contributed by atoms with van der Waals surface area (Å²) in [5.74, 6) is 0.0576. The first-order chi connectivity index (χ1) is 8.97. The molecule has 0 fully saturated rings. The number of aromatic nitrogens is 2. The van der Waals surface area contributed by atoms with Gasteiger partial charge in [-0.05, 0) is 38.1 Å². The number of carbonyl (C=O) groups excluding carboxylic acids is 1. The van der Waals surface area contributed by atoms with Crippen molar-refractivity contribution >= 4 is 37.6 Å². The van der Waals surface area contributed by atoms with Crippen LogP contribution in [0.3, 0.4) is 0 Å². The summed E-state index contributed by atoms with van der Waals surface area (Å²) in [5.41, 5.74) is 1.47. The second-order valence-electron chi connectivity index (χ2n) is 4.60. The Bertz CT molecular complexity index is 605. The minimum atomic E-state index is 0.0576. The molecule has 1 aromatic carbocycles. The van der Waals surface area contributed by atoms with Crippen molar-refractivity contribution < 1.29 is 4.79 Å². The zero-order chi connectivity index (χ0) is 14.0. The summed E-state index contributed by atoms with van der Waals surface area (Å²) in [6.07, 6.45) is 2.22. The van der Waals surface area contributed by atoms with Gasteiger partial charge in [0.15, 0.2) is 5.78 Å². The number of rotatable bonds is 4. The molecule has 2 rings (SSSR count). The SMILES string of the molecule is CC(C)n1ccc(CC(=O)c2cc(Br)ccc2Br)n1. The van der Waals surface area contributed by atoms with Gasteiger partial charge in [0.1, 0.15) is 0 Å². The number of hydrogen-bond donors (Lipinski definition) is 0. The van der Waals surface area contributed by atoms with Gasteiger partial charge in [-0.25, -0.2) is 0 Å². The Morgan fingerprint density at radius 3 is 2.68 bits per heavy atom. The van der Waals surface area contributed by atoms with Crippen LogP contribution in [0.25, 0.3) is 0 Å². The van der Waals surface area contributed by atoms with E-state index in [0.717, 1.165) is 14.6 Å². The first-order valence-electron chi connectivity index (χ1n) is 5.99. The Morgan fingerprint density at radius 2 is 2.05 bits per heavy atom. The number of halogens is 2. The smallest absolute Gasteiger partial charge is 0.170 e. The predicted octanol–water partition coefficient (Wildman–Crippen LogP) is 4.41. The number of ketones is 1. The van der Waals surface area contributed by atoms with Crippen molar-refractivity contribution in [3.8, 4) is 0 Å². The number of carbonyl (C=O) groups is 1. The van der Waals surface area contributed by atoms with E-state index in [1.807, 2.05) is 35.1 Å². The summed E-state index contributed by atoms with van der Waals surface area (Å²) in [6, 6.07) is 7.79. The van der Waals surface area contributed by atoms with Crippen molar-refractivity contribution in [3.05, 3.63) is 50.7 Å². The highest BCUT2D eigenvalue weighted by Crippen LogP contribution is 2.23. The summed E-state index contributed by atoms with van der Waals surface area (Å²) in [6.45, 7) is 4.12. The second-order valence-corrected chi connectivity index (χ2v) is 6.37. The summed E-state index contributed by atoms with van der Waals surface area (Å²) < 4.78 is 3.56. The molecule has 5 heteroatoms. The third-order valence-corrected chi connectivity index (χ3v) is 3.95. The first kappa shape index (κ1) is 14.5. The quantitative estimate of drug-likeness (QED) is 0.730. The van der Waals surface area contributed by atoms with Gasteiger partial charge in [-0.2, -0.15) is 5.10 Å². The van der Waals surface area contributed by atoms with E-state index in [1.165, 1.54) is 0 Å². The molecule has 100 valence electrons. The van der Waals surface area contributed by atoms with Gasteiger partial charge in [0.25, 0.3) is 0 Å². The molecule has 0 N–H and O–H groups in total. The molecule has 0 aliphatic rings. The molecule has 0 aliphatic heterocycles. The molecule has 2 aromatic rings. The van der Waals surface area contributed by atoms with Crippen LogP contribution in [-0.2, 0) is 6.42 Å². The summed E-state index contributed by atoms with van der Waals surface area (Å²) >= 11 is 6.79. The van der Waals surface area contributed by atoms with Gasteiger partial charge in [0, 0.05) is 26.7 Å². The Labute approximate surface area is 129 Å². The zero-order valence-corrected chi connectivity index (χ0v) is 13.9. The lowest BCUT2D eigenvalue weighted by atomic mass is 10.1. The number of benzene rings is 1. The van der Waals surface area contributed by atoms with E-state index in [2.05, 4.69) is 50.8 Å². The predicted molar refractivity (Wildman–Crippen MR) is 82.5 cm³/mol. The fourth-order valence-corrected chi connectivity index (χ4v) is 2.56. The summed E-state index contributed by atoms with van der Waals surface area (Å²) in [7, 11) is 0. The highest BCUT2D eigenvalue weighted by molar-refractivity contribution is 9.11. The van der Waals surface area contributed by atoms with E-state index < -0.39 is 0 Å². The fraction of sp³-hybridized carbons (Fsp3) is 0.286. The standard InChI is InChI=1S/C14H14Br2N2O/c1-9(2)18-6-5-11(17-18)8-14(19)12-7-10(15)3-4-13(12)16/h3-7,9H,8H2,1-2H3. The van der Waals surface area contributed by atoms with E-state index in [0.29, 0.717) is 18.0 Å². The van der Waals surface area contributed by atoms with Crippen molar-refractivity contribution in [2.24, 2.45) is 0 Å². The molecule has 3 nitrogen and oxygen atoms in total. The molecule has 0 unspecified atom stereocenters. The summed E-state index contributed by atoms with van der Waals surface area (Å²) in [4.78, 5) is 12.3. The van der Waals surface area contributed by atoms with Crippen LogP contribution in [-0.4, -0.2) is 15.6 Å². The van der Waals surface area contributed by atoms with Crippen LogP contribution in [0.2, 0.25) is 0 Å². The molecule has 0 amide bonds. The van der Waals surface area contributed by atoms with Gasteiger partial charge in [-0.1, -0.05) is 31.9 Å². The maximum Gasteiger partial charge on any atom is 0.170 e. The number of nitrogens with zero attached hydrogens (tertiary/aromatic N) is 2. The van der Waals surface area contributed by atoms with Crippen molar-refractivity contribution in [1.82, 2.24) is 9.78 Å². The minimum Gasteiger partial charge on any atom is -0.294 e. The van der Waals surface area contributed by atoms with Crippen molar-refractivity contribution in [1.29, 1.82) is 0 Å². The molecule has 0 saturated heterocycles. The van der Waals surface area contributed by atoms with Crippen LogP contribution in [0, 0.1) is 0 Å². The molecule has 0 spiro atoms. The van der Waals surface area contributed by atoms with Gasteiger partial charge >= 0.3 is 0 Å². The topological polar surface area (TPSA) is 34.9 Å². The molecule has 19 heavy (non-hydrogen) atoms. The van der Waals surface area contributed by atoms with E-state index in [-0.39, 0.29) is 5.78 Å². The lowest BCUT2D eigenvalue weighted by Crippen LogP contribution is -2.07. The average molecular weight is 386 g/mol. The van der Waals surface area contributed by atoms with E-state index in [1.54, 1.807) is 0 Å². The van der Waals surface area contributed by atoms with Crippen LogP contribution in [0.5, 0.6) is 0 Å². The zero-order valence-electron chi connectivity index (χ0n) is 10.7. The molecule has 0 saturated carbocycles. The van der Waals surface area contributed by atoms with Crippen LogP contribution in [0.4, 0.5) is 0 Å². The first-order valence-corrected chi connectivity index (χ1v) is 7.58.